The lowest BCUT2D eigenvalue weighted by atomic mass is 10.3. The average molecular weight is 202 g/mol. The van der Waals surface area contributed by atoms with Gasteiger partial charge in [-0.1, -0.05) is 40.5 Å². The van der Waals surface area contributed by atoms with Gasteiger partial charge in [-0.05, 0) is 24.6 Å². The van der Waals surface area contributed by atoms with Crippen LogP contribution in [-0.2, 0) is 4.43 Å². The van der Waals surface area contributed by atoms with Crippen LogP contribution in [0.4, 0.5) is 0 Å². The zero-order chi connectivity index (χ0) is 10.2. The Bertz CT molecular complexity index is 102. The van der Waals surface area contributed by atoms with Crippen LogP contribution >= 0.6 is 0 Å². The normalized spacial score (nSPS) is 12.0. The van der Waals surface area contributed by atoms with Crippen LogP contribution in [0.5, 0.6) is 0 Å². The molecule has 2 heteroatoms. The third-order valence-electron chi connectivity index (χ3n) is 3.09. The molecule has 0 aliphatic carbocycles. The van der Waals surface area contributed by atoms with E-state index >= 15 is 0 Å². The summed E-state index contributed by atoms with van der Waals surface area (Å²) in [5, 5.41) is 0. The summed E-state index contributed by atoms with van der Waals surface area (Å²) in [5.41, 5.74) is 0. The standard InChI is InChI=1S/C11H26OSi/c1-5-9-10-11-12-13(6-2,7-3)8-4/h5-11H2,1-4H3. The smallest absolute Gasteiger partial charge is 0.191 e. The summed E-state index contributed by atoms with van der Waals surface area (Å²) in [6, 6.07) is 3.85. The Labute approximate surface area is 85.0 Å². The Morgan fingerprint density at radius 1 is 0.846 bits per heavy atom. The van der Waals surface area contributed by atoms with Crippen LogP contribution in [0.1, 0.15) is 47.0 Å². The highest BCUT2D eigenvalue weighted by molar-refractivity contribution is 6.73. The van der Waals surface area contributed by atoms with Crippen LogP contribution in [0.2, 0.25) is 18.1 Å². The molecule has 1 nitrogen and oxygen atoms in total. The van der Waals surface area contributed by atoms with Crippen molar-refractivity contribution in [2.75, 3.05) is 6.61 Å². The number of hydrogen-bond donors (Lipinski definition) is 0. The van der Waals surface area contributed by atoms with Crippen LogP contribution in [-0.4, -0.2) is 14.9 Å². The molecule has 0 aromatic heterocycles. The number of unbranched alkanes of at least 4 members (excludes halogenated alkanes) is 2. The third kappa shape index (κ3) is 4.82. The SMILES string of the molecule is CCCCCO[Si](CC)(CC)CC. The molecule has 0 fully saturated rings. The van der Waals surface area contributed by atoms with Crippen molar-refractivity contribution in [3.05, 3.63) is 0 Å². The summed E-state index contributed by atoms with van der Waals surface area (Å²) in [5.74, 6) is 0. The minimum absolute atomic E-state index is 1.01. The van der Waals surface area contributed by atoms with E-state index in [1.807, 2.05) is 0 Å². The van der Waals surface area contributed by atoms with E-state index in [1.54, 1.807) is 0 Å². The molecule has 0 radical (unpaired) electrons. The molecule has 0 aliphatic rings. The quantitative estimate of drug-likeness (QED) is 0.423. The van der Waals surface area contributed by atoms with Crippen molar-refractivity contribution in [3.63, 3.8) is 0 Å². The average Bonchev–Trinajstić information content (AvgIpc) is 2.20. The summed E-state index contributed by atoms with van der Waals surface area (Å²) in [6.07, 6.45) is 3.87. The maximum Gasteiger partial charge on any atom is 0.191 e. The molecule has 0 bridgehead atoms. The first-order valence-corrected chi connectivity index (χ1v) is 8.41. The van der Waals surface area contributed by atoms with Crippen molar-refractivity contribution in [1.82, 2.24) is 0 Å². The molecule has 0 saturated heterocycles. The molecule has 0 amide bonds. The largest absolute Gasteiger partial charge is 0.417 e. The second-order valence-electron chi connectivity index (χ2n) is 3.80. The fourth-order valence-corrected chi connectivity index (χ4v) is 4.39. The monoisotopic (exact) mass is 202 g/mol. The van der Waals surface area contributed by atoms with E-state index in [1.165, 1.54) is 37.4 Å². The summed E-state index contributed by atoms with van der Waals surface area (Å²) in [6.45, 7) is 10.1. The van der Waals surface area contributed by atoms with Gasteiger partial charge in [-0.2, -0.15) is 0 Å². The second-order valence-corrected chi connectivity index (χ2v) is 8.58. The maximum absolute atomic E-state index is 6.12. The Hall–Kier alpha value is 0.177. The van der Waals surface area contributed by atoms with Gasteiger partial charge in [0.05, 0.1) is 0 Å². The van der Waals surface area contributed by atoms with Crippen LogP contribution in [0.15, 0.2) is 0 Å². The summed E-state index contributed by atoms with van der Waals surface area (Å²) >= 11 is 0. The van der Waals surface area contributed by atoms with E-state index in [0.29, 0.717) is 0 Å². The lowest BCUT2D eigenvalue weighted by molar-refractivity contribution is 0.289. The lowest BCUT2D eigenvalue weighted by Crippen LogP contribution is -2.36. The van der Waals surface area contributed by atoms with E-state index in [9.17, 15) is 0 Å². The molecule has 13 heavy (non-hydrogen) atoms. The highest BCUT2D eigenvalue weighted by Crippen LogP contribution is 2.21. The van der Waals surface area contributed by atoms with Crippen molar-refractivity contribution < 1.29 is 4.43 Å². The van der Waals surface area contributed by atoms with Gasteiger partial charge in [0.1, 0.15) is 0 Å². The number of rotatable bonds is 8. The highest BCUT2D eigenvalue weighted by Gasteiger charge is 2.27. The Morgan fingerprint density at radius 2 is 1.38 bits per heavy atom. The fraction of sp³-hybridized carbons (Fsp3) is 1.00. The first kappa shape index (κ1) is 13.2. The third-order valence-corrected chi connectivity index (χ3v) is 7.77. The Balaban J connectivity index is 3.68. The molecule has 0 N–H and O–H groups in total. The molecule has 0 spiro atoms. The van der Waals surface area contributed by atoms with Gasteiger partial charge in [0.15, 0.2) is 8.32 Å². The molecule has 0 unspecified atom stereocenters. The van der Waals surface area contributed by atoms with Gasteiger partial charge < -0.3 is 4.43 Å². The van der Waals surface area contributed by atoms with Gasteiger partial charge in [-0.3, -0.25) is 0 Å². The van der Waals surface area contributed by atoms with Crippen LogP contribution in [0, 0.1) is 0 Å². The van der Waals surface area contributed by atoms with Crippen molar-refractivity contribution in [2.24, 2.45) is 0 Å². The van der Waals surface area contributed by atoms with Crippen molar-refractivity contribution in [3.8, 4) is 0 Å². The molecule has 0 aliphatic heterocycles. The first-order chi connectivity index (χ1) is 6.24. The molecule has 0 aromatic rings. The van der Waals surface area contributed by atoms with Crippen LogP contribution < -0.4 is 0 Å². The maximum atomic E-state index is 6.12. The van der Waals surface area contributed by atoms with Gasteiger partial charge in [0.25, 0.3) is 0 Å². The predicted octanol–water partition coefficient (Wildman–Crippen LogP) is 4.20. The van der Waals surface area contributed by atoms with Crippen LogP contribution in [0.25, 0.3) is 0 Å². The zero-order valence-electron chi connectivity index (χ0n) is 9.86. The molecule has 0 rings (SSSR count). The van der Waals surface area contributed by atoms with E-state index in [2.05, 4.69) is 27.7 Å². The zero-order valence-corrected chi connectivity index (χ0v) is 10.9. The second kappa shape index (κ2) is 7.57. The van der Waals surface area contributed by atoms with E-state index < -0.39 is 8.32 Å². The Kier molecular flexibility index (Phi) is 7.67. The topological polar surface area (TPSA) is 9.23 Å². The first-order valence-electron chi connectivity index (χ1n) is 5.88. The van der Waals surface area contributed by atoms with Gasteiger partial charge in [0, 0.05) is 6.61 Å². The molecule has 80 valence electrons. The molecule has 0 atom stereocenters. The van der Waals surface area contributed by atoms with Crippen molar-refractivity contribution in [2.45, 2.75) is 65.1 Å². The minimum Gasteiger partial charge on any atom is -0.417 e. The fourth-order valence-electron chi connectivity index (χ4n) is 1.70. The summed E-state index contributed by atoms with van der Waals surface area (Å²) < 4.78 is 6.12. The molecular weight excluding hydrogens is 176 g/mol. The van der Waals surface area contributed by atoms with E-state index in [4.69, 9.17) is 4.43 Å². The predicted molar refractivity (Wildman–Crippen MR) is 62.7 cm³/mol. The number of hydrogen-bond acceptors (Lipinski definition) is 1. The molecule has 0 aromatic carbocycles. The van der Waals surface area contributed by atoms with Crippen LogP contribution in [0.3, 0.4) is 0 Å². The molecular formula is C11H26OSi. The lowest BCUT2D eigenvalue weighted by Gasteiger charge is -2.27. The summed E-state index contributed by atoms with van der Waals surface area (Å²) in [7, 11) is -1.27. The minimum atomic E-state index is -1.27. The molecule has 0 heterocycles. The van der Waals surface area contributed by atoms with Crippen molar-refractivity contribution in [1.29, 1.82) is 0 Å². The molecule has 0 saturated carbocycles. The Morgan fingerprint density at radius 3 is 1.77 bits per heavy atom. The van der Waals surface area contributed by atoms with Gasteiger partial charge in [-0.25, -0.2) is 0 Å². The van der Waals surface area contributed by atoms with Crippen molar-refractivity contribution >= 4 is 8.32 Å². The van der Waals surface area contributed by atoms with Gasteiger partial charge in [0.2, 0.25) is 0 Å². The van der Waals surface area contributed by atoms with E-state index in [0.717, 1.165) is 6.61 Å². The summed E-state index contributed by atoms with van der Waals surface area (Å²) in [4.78, 5) is 0. The van der Waals surface area contributed by atoms with Gasteiger partial charge >= 0.3 is 0 Å². The van der Waals surface area contributed by atoms with E-state index in [-0.39, 0.29) is 0 Å². The highest BCUT2D eigenvalue weighted by atomic mass is 28.4. The van der Waals surface area contributed by atoms with Gasteiger partial charge in [-0.15, -0.1) is 0 Å².